The van der Waals surface area contributed by atoms with Crippen LogP contribution in [0.15, 0.2) is 36.4 Å². The molecule has 0 bridgehead atoms. The second-order valence-electron chi connectivity index (χ2n) is 3.85. The van der Waals surface area contributed by atoms with Crippen LogP contribution in [-0.4, -0.2) is 7.11 Å². The Morgan fingerprint density at radius 2 is 1.89 bits per heavy atom. The SMILES string of the molecule is COc1ccc(Cl)cc1-c1ccc(Cl)c(CN)c1. The van der Waals surface area contributed by atoms with Crippen LogP contribution in [0.4, 0.5) is 0 Å². The van der Waals surface area contributed by atoms with Crippen LogP contribution in [0, 0.1) is 0 Å². The van der Waals surface area contributed by atoms with Gasteiger partial charge >= 0.3 is 0 Å². The second kappa shape index (κ2) is 5.61. The Hall–Kier alpha value is -1.22. The third-order valence-corrected chi connectivity index (χ3v) is 3.34. The van der Waals surface area contributed by atoms with E-state index in [9.17, 15) is 0 Å². The lowest BCUT2D eigenvalue weighted by atomic mass is 10.0. The van der Waals surface area contributed by atoms with Gasteiger partial charge in [-0.1, -0.05) is 29.3 Å². The Balaban J connectivity index is 2.57. The predicted molar refractivity (Wildman–Crippen MR) is 76.3 cm³/mol. The van der Waals surface area contributed by atoms with Gasteiger partial charge in [0.1, 0.15) is 5.75 Å². The molecule has 2 aromatic rings. The number of nitrogens with two attached hydrogens (primary N) is 1. The molecule has 0 aliphatic carbocycles. The summed E-state index contributed by atoms with van der Waals surface area (Å²) in [6.07, 6.45) is 0. The normalized spacial score (nSPS) is 10.4. The molecule has 0 aliphatic heterocycles. The molecule has 4 heteroatoms. The molecular weight excluding hydrogens is 269 g/mol. The summed E-state index contributed by atoms with van der Waals surface area (Å²) in [7, 11) is 1.63. The van der Waals surface area contributed by atoms with Gasteiger partial charge in [-0.05, 0) is 41.5 Å². The summed E-state index contributed by atoms with van der Waals surface area (Å²) < 4.78 is 5.34. The molecule has 0 amide bonds. The van der Waals surface area contributed by atoms with E-state index in [0.717, 1.165) is 22.4 Å². The number of halogens is 2. The van der Waals surface area contributed by atoms with Gasteiger partial charge in [-0.15, -0.1) is 0 Å². The molecule has 0 saturated heterocycles. The van der Waals surface area contributed by atoms with Gasteiger partial charge in [0.25, 0.3) is 0 Å². The molecular formula is C14H13Cl2NO. The van der Waals surface area contributed by atoms with E-state index in [0.29, 0.717) is 16.6 Å². The molecule has 0 heterocycles. The van der Waals surface area contributed by atoms with Crippen molar-refractivity contribution < 1.29 is 4.74 Å². The van der Waals surface area contributed by atoms with Crippen molar-refractivity contribution >= 4 is 23.2 Å². The average molecular weight is 282 g/mol. The first kappa shape index (κ1) is 13.2. The molecule has 0 aromatic heterocycles. The number of hydrogen-bond donors (Lipinski definition) is 1. The number of methoxy groups -OCH3 is 1. The molecule has 0 spiro atoms. The lowest BCUT2D eigenvalue weighted by Gasteiger charge is -2.11. The van der Waals surface area contributed by atoms with Crippen molar-refractivity contribution in [1.29, 1.82) is 0 Å². The van der Waals surface area contributed by atoms with Gasteiger partial charge in [-0.2, -0.15) is 0 Å². The summed E-state index contributed by atoms with van der Waals surface area (Å²) in [6, 6.07) is 11.2. The summed E-state index contributed by atoms with van der Waals surface area (Å²) in [4.78, 5) is 0. The van der Waals surface area contributed by atoms with E-state index in [1.54, 1.807) is 13.2 Å². The number of rotatable bonds is 3. The third-order valence-electron chi connectivity index (χ3n) is 2.74. The average Bonchev–Trinajstić information content (AvgIpc) is 2.39. The quantitative estimate of drug-likeness (QED) is 0.918. The van der Waals surface area contributed by atoms with Gasteiger partial charge in [-0.3, -0.25) is 0 Å². The number of benzene rings is 2. The maximum atomic E-state index is 6.05. The Morgan fingerprint density at radius 1 is 1.11 bits per heavy atom. The molecule has 0 aliphatic rings. The molecule has 0 atom stereocenters. The van der Waals surface area contributed by atoms with E-state index in [-0.39, 0.29) is 0 Å². The Bertz CT molecular complexity index is 570. The number of hydrogen-bond acceptors (Lipinski definition) is 2. The topological polar surface area (TPSA) is 35.2 Å². The predicted octanol–water partition coefficient (Wildman–Crippen LogP) is 4.13. The van der Waals surface area contributed by atoms with Crippen LogP contribution in [0.3, 0.4) is 0 Å². The minimum atomic E-state index is 0.398. The van der Waals surface area contributed by atoms with Crippen LogP contribution in [-0.2, 0) is 6.54 Å². The van der Waals surface area contributed by atoms with Crippen molar-refractivity contribution in [2.24, 2.45) is 5.73 Å². The van der Waals surface area contributed by atoms with Gasteiger partial charge in [-0.25, -0.2) is 0 Å². The van der Waals surface area contributed by atoms with Crippen LogP contribution in [0.5, 0.6) is 5.75 Å². The molecule has 0 radical (unpaired) electrons. The maximum Gasteiger partial charge on any atom is 0.126 e. The maximum absolute atomic E-state index is 6.05. The first-order valence-corrected chi connectivity index (χ1v) is 6.23. The molecule has 0 unspecified atom stereocenters. The Morgan fingerprint density at radius 3 is 2.56 bits per heavy atom. The van der Waals surface area contributed by atoms with Crippen molar-refractivity contribution in [3.8, 4) is 16.9 Å². The van der Waals surface area contributed by atoms with Gasteiger partial charge in [0, 0.05) is 22.2 Å². The van der Waals surface area contributed by atoms with Gasteiger partial charge in [0.15, 0.2) is 0 Å². The van der Waals surface area contributed by atoms with Crippen LogP contribution in [0.25, 0.3) is 11.1 Å². The van der Waals surface area contributed by atoms with Crippen LogP contribution >= 0.6 is 23.2 Å². The molecule has 18 heavy (non-hydrogen) atoms. The fourth-order valence-electron chi connectivity index (χ4n) is 1.80. The van der Waals surface area contributed by atoms with Gasteiger partial charge in [0.05, 0.1) is 7.11 Å². The third kappa shape index (κ3) is 2.61. The molecule has 2 nitrogen and oxygen atoms in total. The zero-order valence-corrected chi connectivity index (χ0v) is 11.4. The lowest BCUT2D eigenvalue weighted by molar-refractivity contribution is 0.416. The van der Waals surface area contributed by atoms with Crippen LogP contribution in [0.1, 0.15) is 5.56 Å². The summed E-state index contributed by atoms with van der Waals surface area (Å²) in [6.45, 7) is 0.398. The molecule has 94 valence electrons. The van der Waals surface area contributed by atoms with Gasteiger partial charge < -0.3 is 10.5 Å². The molecule has 0 saturated carbocycles. The molecule has 2 N–H and O–H groups in total. The monoisotopic (exact) mass is 281 g/mol. The molecule has 2 aromatic carbocycles. The molecule has 2 rings (SSSR count). The van der Waals surface area contributed by atoms with Crippen molar-refractivity contribution in [3.63, 3.8) is 0 Å². The van der Waals surface area contributed by atoms with Crippen molar-refractivity contribution in [3.05, 3.63) is 52.0 Å². The Labute approximate surface area is 116 Å². The fourth-order valence-corrected chi connectivity index (χ4v) is 2.17. The molecule has 0 fully saturated rings. The van der Waals surface area contributed by atoms with Crippen molar-refractivity contribution in [1.82, 2.24) is 0 Å². The summed E-state index contributed by atoms with van der Waals surface area (Å²) in [5, 5.41) is 1.33. The van der Waals surface area contributed by atoms with E-state index in [4.69, 9.17) is 33.7 Å². The highest BCUT2D eigenvalue weighted by Gasteiger charge is 2.08. The van der Waals surface area contributed by atoms with Gasteiger partial charge in [0.2, 0.25) is 0 Å². The van der Waals surface area contributed by atoms with E-state index in [2.05, 4.69) is 0 Å². The first-order valence-electron chi connectivity index (χ1n) is 5.48. The summed E-state index contributed by atoms with van der Waals surface area (Å²) >= 11 is 12.1. The highest BCUT2D eigenvalue weighted by molar-refractivity contribution is 6.31. The second-order valence-corrected chi connectivity index (χ2v) is 4.70. The Kier molecular flexibility index (Phi) is 4.12. The largest absolute Gasteiger partial charge is 0.496 e. The van der Waals surface area contributed by atoms with E-state index in [1.807, 2.05) is 30.3 Å². The number of ether oxygens (including phenoxy) is 1. The highest BCUT2D eigenvalue weighted by atomic mass is 35.5. The minimum absolute atomic E-state index is 0.398. The highest BCUT2D eigenvalue weighted by Crippen LogP contribution is 2.34. The fraction of sp³-hybridized carbons (Fsp3) is 0.143. The van der Waals surface area contributed by atoms with Crippen molar-refractivity contribution in [2.45, 2.75) is 6.54 Å². The zero-order valence-electron chi connectivity index (χ0n) is 9.91. The standard InChI is InChI=1S/C14H13Cl2NO/c1-18-14-5-3-11(15)7-12(14)9-2-4-13(16)10(6-9)8-17/h2-7H,8,17H2,1H3. The minimum Gasteiger partial charge on any atom is -0.496 e. The van der Waals surface area contributed by atoms with Crippen molar-refractivity contribution in [2.75, 3.05) is 7.11 Å². The van der Waals surface area contributed by atoms with E-state index >= 15 is 0 Å². The zero-order chi connectivity index (χ0) is 13.1. The van der Waals surface area contributed by atoms with Crippen LogP contribution in [0.2, 0.25) is 10.0 Å². The lowest BCUT2D eigenvalue weighted by Crippen LogP contribution is -1.97. The smallest absolute Gasteiger partial charge is 0.126 e. The summed E-state index contributed by atoms with van der Waals surface area (Å²) in [5.41, 5.74) is 8.47. The van der Waals surface area contributed by atoms with Crippen LogP contribution < -0.4 is 10.5 Å². The first-order chi connectivity index (χ1) is 8.65. The van der Waals surface area contributed by atoms with E-state index in [1.165, 1.54) is 0 Å². The van der Waals surface area contributed by atoms with E-state index < -0.39 is 0 Å². The summed E-state index contributed by atoms with van der Waals surface area (Å²) in [5.74, 6) is 0.768.